The second kappa shape index (κ2) is 4.57. The minimum atomic E-state index is -0.588. The Hall–Kier alpha value is -1.62. The number of thiol groups is 1. The van der Waals surface area contributed by atoms with E-state index in [1.807, 2.05) is 0 Å². The number of hydrogen-bond acceptors (Lipinski definition) is 3. The fourth-order valence-corrected chi connectivity index (χ4v) is 1.11. The van der Waals surface area contributed by atoms with E-state index < -0.39 is 6.03 Å². The Bertz CT molecular complexity index is 359. The Morgan fingerprint density at radius 3 is 2.29 bits per heavy atom. The summed E-state index contributed by atoms with van der Waals surface area (Å²) in [5, 5.41) is 3.96. The van der Waals surface area contributed by atoms with Gasteiger partial charge in [-0.15, -0.1) is 12.6 Å². The number of nitrogens with two attached hydrogens (primary N) is 2. The van der Waals surface area contributed by atoms with Crippen LogP contribution in [0.15, 0.2) is 29.7 Å². The van der Waals surface area contributed by atoms with Gasteiger partial charge in [-0.2, -0.15) is 0 Å². The third kappa shape index (κ3) is 2.70. The third-order valence-corrected chi connectivity index (χ3v) is 1.90. The molecule has 0 bridgehead atoms. The van der Waals surface area contributed by atoms with Gasteiger partial charge >= 0.3 is 6.03 Å². The molecule has 0 aliphatic carbocycles. The zero-order chi connectivity index (χ0) is 10.6. The molecule has 0 atom stereocenters. The van der Waals surface area contributed by atoms with E-state index in [4.69, 9.17) is 11.5 Å². The van der Waals surface area contributed by atoms with Crippen molar-refractivity contribution in [2.75, 3.05) is 5.32 Å². The monoisotopic (exact) mass is 209 g/mol. The van der Waals surface area contributed by atoms with Crippen molar-refractivity contribution in [3.8, 4) is 0 Å². The van der Waals surface area contributed by atoms with Crippen molar-refractivity contribution in [3.05, 3.63) is 35.2 Å². The van der Waals surface area contributed by atoms with Gasteiger partial charge in [-0.25, -0.2) is 4.79 Å². The molecule has 0 heterocycles. The van der Waals surface area contributed by atoms with E-state index in [1.165, 1.54) is 5.41 Å². The molecule has 1 aromatic rings. The van der Waals surface area contributed by atoms with Gasteiger partial charge in [0.2, 0.25) is 0 Å². The number of hydrogen-bond donors (Lipinski definition) is 4. The molecular weight excluding hydrogens is 198 g/mol. The summed E-state index contributed by atoms with van der Waals surface area (Å²) in [5.74, 6) is 0. The van der Waals surface area contributed by atoms with Crippen LogP contribution in [-0.2, 0) is 0 Å². The predicted octanol–water partition coefficient (Wildman–Crippen LogP) is 1.36. The van der Waals surface area contributed by atoms with Gasteiger partial charge in [-0.3, -0.25) is 0 Å². The molecule has 0 aromatic heterocycles. The van der Waals surface area contributed by atoms with E-state index in [1.54, 1.807) is 24.3 Å². The van der Waals surface area contributed by atoms with Crippen molar-refractivity contribution >= 4 is 30.0 Å². The number of anilines is 1. The number of primary amides is 1. The second-order valence-corrected chi connectivity index (χ2v) is 2.91. The molecule has 0 radical (unpaired) electrons. The molecule has 0 aliphatic rings. The first-order chi connectivity index (χ1) is 6.63. The van der Waals surface area contributed by atoms with Gasteiger partial charge in [0.05, 0.1) is 0 Å². The lowest BCUT2D eigenvalue weighted by Gasteiger charge is -2.03. The number of nitrogens with one attached hydrogen (secondary N) is 1. The standard InChI is InChI=1S/C9H11N3OS/c10-8(5-14)6-1-3-7(4-2-6)12-9(11)13/h1-5,14H,10H2,(H3,11,12,13)/b8-5-. The molecule has 1 rings (SSSR count). The molecule has 5 heteroatoms. The molecule has 2 amide bonds. The molecule has 0 fully saturated rings. The molecule has 14 heavy (non-hydrogen) atoms. The minimum Gasteiger partial charge on any atom is -0.398 e. The van der Waals surface area contributed by atoms with Gasteiger partial charge in [0, 0.05) is 11.4 Å². The van der Waals surface area contributed by atoms with Gasteiger partial charge in [-0.05, 0) is 23.1 Å². The fraction of sp³-hybridized carbons (Fsp3) is 0. The maximum Gasteiger partial charge on any atom is 0.316 e. The quantitative estimate of drug-likeness (QED) is 0.555. The Labute approximate surface area is 87.4 Å². The molecule has 5 N–H and O–H groups in total. The van der Waals surface area contributed by atoms with Crippen LogP contribution < -0.4 is 16.8 Å². The Balaban J connectivity index is 2.83. The van der Waals surface area contributed by atoms with Crippen LogP contribution in [0.1, 0.15) is 5.56 Å². The lowest BCUT2D eigenvalue weighted by molar-refractivity contribution is 0.259. The maximum absolute atomic E-state index is 10.5. The van der Waals surface area contributed by atoms with E-state index >= 15 is 0 Å². The molecule has 0 saturated carbocycles. The van der Waals surface area contributed by atoms with E-state index in [0.29, 0.717) is 11.4 Å². The van der Waals surface area contributed by atoms with Crippen LogP contribution in [0.25, 0.3) is 5.70 Å². The van der Waals surface area contributed by atoms with Crippen molar-refractivity contribution in [3.63, 3.8) is 0 Å². The Morgan fingerprint density at radius 2 is 1.86 bits per heavy atom. The minimum absolute atomic E-state index is 0.568. The normalized spacial score (nSPS) is 11.1. The molecular formula is C9H11N3OS. The molecule has 0 aliphatic heterocycles. The first-order valence-electron chi connectivity index (χ1n) is 3.90. The average molecular weight is 209 g/mol. The zero-order valence-corrected chi connectivity index (χ0v) is 8.29. The number of benzene rings is 1. The second-order valence-electron chi connectivity index (χ2n) is 2.65. The van der Waals surface area contributed by atoms with E-state index in [2.05, 4.69) is 17.9 Å². The van der Waals surface area contributed by atoms with Crippen molar-refractivity contribution in [2.45, 2.75) is 0 Å². The van der Waals surface area contributed by atoms with E-state index in [-0.39, 0.29) is 0 Å². The molecule has 1 aromatic carbocycles. The van der Waals surface area contributed by atoms with Crippen LogP contribution in [0.2, 0.25) is 0 Å². The van der Waals surface area contributed by atoms with Crippen molar-refractivity contribution < 1.29 is 4.79 Å². The van der Waals surface area contributed by atoms with Crippen LogP contribution in [0.3, 0.4) is 0 Å². The number of carbonyl (C=O) groups excluding carboxylic acids is 1. The van der Waals surface area contributed by atoms with Gasteiger partial charge in [0.1, 0.15) is 0 Å². The van der Waals surface area contributed by atoms with Crippen molar-refractivity contribution in [2.24, 2.45) is 11.5 Å². The summed E-state index contributed by atoms with van der Waals surface area (Å²) >= 11 is 3.93. The molecule has 0 unspecified atom stereocenters. The number of urea groups is 1. The van der Waals surface area contributed by atoms with E-state index in [0.717, 1.165) is 5.56 Å². The van der Waals surface area contributed by atoms with Crippen LogP contribution in [0.5, 0.6) is 0 Å². The topological polar surface area (TPSA) is 81.1 Å². The first kappa shape index (κ1) is 10.5. The Morgan fingerprint density at radius 1 is 1.29 bits per heavy atom. The average Bonchev–Trinajstić information content (AvgIpc) is 2.17. The lowest BCUT2D eigenvalue weighted by Crippen LogP contribution is -2.19. The summed E-state index contributed by atoms with van der Waals surface area (Å²) in [6.45, 7) is 0. The van der Waals surface area contributed by atoms with Crippen molar-refractivity contribution in [1.82, 2.24) is 0 Å². The molecule has 0 saturated heterocycles. The molecule has 74 valence electrons. The van der Waals surface area contributed by atoms with Crippen LogP contribution >= 0.6 is 12.6 Å². The van der Waals surface area contributed by atoms with Gasteiger partial charge in [-0.1, -0.05) is 12.1 Å². The van der Waals surface area contributed by atoms with Crippen molar-refractivity contribution in [1.29, 1.82) is 0 Å². The maximum atomic E-state index is 10.5. The van der Waals surface area contributed by atoms with Gasteiger partial charge < -0.3 is 16.8 Å². The summed E-state index contributed by atoms with van der Waals surface area (Å²) in [6.07, 6.45) is 0. The first-order valence-corrected chi connectivity index (χ1v) is 4.42. The zero-order valence-electron chi connectivity index (χ0n) is 7.40. The third-order valence-electron chi connectivity index (χ3n) is 1.62. The SMILES string of the molecule is NC(=O)Nc1ccc(/C(N)=C/S)cc1. The number of rotatable bonds is 2. The summed E-state index contributed by atoms with van der Waals surface area (Å²) in [7, 11) is 0. The van der Waals surface area contributed by atoms with E-state index in [9.17, 15) is 4.79 Å². The predicted molar refractivity (Wildman–Crippen MR) is 60.8 cm³/mol. The number of carbonyl (C=O) groups is 1. The van der Waals surface area contributed by atoms with Crippen LogP contribution in [0, 0.1) is 0 Å². The van der Waals surface area contributed by atoms with Crippen LogP contribution in [-0.4, -0.2) is 6.03 Å². The highest BCUT2D eigenvalue weighted by Crippen LogP contribution is 2.14. The summed E-state index contributed by atoms with van der Waals surface area (Å²) in [5.41, 5.74) is 12.6. The highest BCUT2D eigenvalue weighted by molar-refractivity contribution is 7.83. The lowest BCUT2D eigenvalue weighted by atomic mass is 10.1. The highest BCUT2D eigenvalue weighted by Gasteiger charge is 1.97. The number of amides is 2. The largest absolute Gasteiger partial charge is 0.398 e. The molecule has 4 nitrogen and oxygen atoms in total. The fourth-order valence-electron chi connectivity index (χ4n) is 0.963. The highest BCUT2D eigenvalue weighted by atomic mass is 32.1. The molecule has 0 spiro atoms. The van der Waals surface area contributed by atoms with Crippen LogP contribution in [0.4, 0.5) is 10.5 Å². The van der Waals surface area contributed by atoms with Gasteiger partial charge in [0.25, 0.3) is 0 Å². The smallest absolute Gasteiger partial charge is 0.316 e. The summed E-state index contributed by atoms with van der Waals surface area (Å²) in [6, 6.07) is 6.38. The van der Waals surface area contributed by atoms with Gasteiger partial charge in [0.15, 0.2) is 0 Å². The Kier molecular flexibility index (Phi) is 3.41. The summed E-state index contributed by atoms with van der Waals surface area (Å²) in [4.78, 5) is 10.5. The summed E-state index contributed by atoms with van der Waals surface area (Å²) < 4.78 is 0.